The van der Waals surface area contributed by atoms with Gasteiger partial charge in [-0.2, -0.15) is 5.10 Å². The Hall–Kier alpha value is -4.05. The second-order valence-electron chi connectivity index (χ2n) is 7.33. The highest BCUT2D eigenvalue weighted by atomic mass is 35.5. The van der Waals surface area contributed by atoms with E-state index in [1.54, 1.807) is 46.3 Å². The summed E-state index contributed by atoms with van der Waals surface area (Å²) in [5.41, 5.74) is 3.80. The topological polar surface area (TPSA) is 118 Å². The summed E-state index contributed by atoms with van der Waals surface area (Å²) >= 11 is 6.30. The molecular weight excluding hydrogens is 432 g/mol. The second-order valence-corrected chi connectivity index (χ2v) is 7.71. The third kappa shape index (κ3) is 2.95. The van der Waals surface area contributed by atoms with Crippen LogP contribution >= 0.6 is 11.6 Å². The molecule has 32 heavy (non-hydrogen) atoms. The number of nitrogens with zero attached hydrogens (tertiary/aromatic N) is 7. The SMILES string of the molecule is O=C(c1nnc(-c2cccnc2)o1)N1CCc2[nH]cnc2[C@@H]1c1cc2cccc(Cl)n2n1. The Morgan fingerprint density at radius 2 is 2.16 bits per heavy atom. The van der Waals surface area contributed by atoms with Crippen molar-refractivity contribution in [1.82, 2.24) is 39.7 Å². The van der Waals surface area contributed by atoms with Gasteiger partial charge in [0, 0.05) is 31.1 Å². The van der Waals surface area contributed by atoms with Crippen LogP contribution in [-0.4, -0.2) is 52.1 Å². The molecule has 1 N–H and O–H groups in total. The first-order valence-electron chi connectivity index (χ1n) is 9.90. The number of nitrogens with one attached hydrogen (secondary N) is 1. The van der Waals surface area contributed by atoms with Crippen LogP contribution in [0.15, 0.2) is 59.5 Å². The van der Waals surface area contributed by atoms with Crippen molar-refractivity contribution in [2.24, 2.45) is 0 Å². The van der Waals surface area contributed by atoms with Crippen LogP contribution in [-0.2, 0) is 6.42 Å². The van der Waals surface area contributed by atoms with Gasteiger partial charge >= 0.3 is 11.8 Å². The van der Waals surface area contributed by atoms with Gasteiger partial charge < -0.3 is 14.3 Å². The molecule has 6 rings (SSSR count). The number of amides is 1. The van der Waals surface area contributed by atoms with E-state index in [9.17, 15) is 4.79 Å². The largest absolute Gasteiger partial charge is 0.412 e. The molecule has 1 amide bonds. The van der Waals surface area contributed by atoms with E-state index in [0.29, 0.717) is 29.4 Å². The van der Waals surface area contributed by atoms with E-state index < -0.39 is 11.9 Å². The minimum atomic E-state index is -0.526. The smallest absolute Gasteiger partial charge is 0.312 e. The number of aromatic amines is 1. The summed E-state index contributed by atoms with van der Waals surface area (Å²) in [4.78, 5) is 26.8. The van der Waals surface area contributed by atoms with Crippen LogP contribution < -0.4 is 0 Å². The van der Waals surface area contributed by atoms with E-state index in [1.165, 1.54) is 0 Å². The third-order valence-electron chi connectivity index (χ3n) is 5.44. The Bertz CT molecular complexity index is 1440. The first-order valence-corrected chi connectivity index (χ1v) is 10.3. The van der Waals surface area contributed by atoms with Gasteiger partial charge in [0.1, 0.15) is 11.2 Å². The lowest BCUT2D eigenvalue weighted by Gasteiger charge is -2.32. The van der Waals surface area contributed by atoms with Crippen molar-refractivity contribution in [1.29, 1.82) is 0 Å². The van der Waals surface area contributed by atoms with E-state index in [2.05, 4.69) is 30.2 Å². The van der Waals surface area contributed by atoms with Gasteiger partial charge in [0.2, 0.25) is 5.89 Å². The predicted molar refractivity (Wildman–Crippen MR) is 113 cm³/mol. The fourth-order valence-corrected chi connectivity index (χ4v) is 4.18. The number of aromatic nitrogens is 7. The average molecular weight is 447 g/mol. The maximum absolute atomic E-state index is 13.5. The number of pyridine rings is 2. The Morgan fingerprint density at radius 3 is 3.00 bits per heavy atom. The molecule has 0 aromatic carbocycles. The van der Waals surface area contributed by atoms with E-state index in [0.717, 1.165) is 16.9 Å². The number of rotatable bonds is 3. The van der Waals surface area contributed by atoms with Crippen molar-refractivity contribution >= 4 is 23.0 Å². The van der Waals surface area contributed by atoms with E-state index in [4.69, 9.17) is 16.0 Å². The standard InChI is InChI=1S/C21H15ClN8O2/c22-16-5-1-4-13-9-15(28-30(13)16)18-17-14(24-11-25-17)6-8-29(18)21(31)20-27-26-19(32-20)12-3-2-7-23-10-12/h1-5,7,9-11,18H,6,8H2,(H,24,25)/t18-/m0/s1. The maximum Gasteiger partial charge on any atom is 0.312 e. The summed E-state index contributed by atoms with van der Waals surface area (Å²) < 4.78 is 7.32. The Balaban J connectivity index is 1.41. The molecule has 0 saturated heterocycles. The molecular formula is C21H15ClN8O2. The number of carbonyl (C=O) groups excluding carboxylic acids is 1. The van der Waals surface area contributed by atoms with Crippen LogP contribution in [0.5, 0.6) is 0 Å². The van der Waals surface area contributed by atoms with Crippen LogP contribution in [0, 0.1) is 0 Å². The highest BCUT2D eigenvalue weighted by Gasteiger charge is 2.38. The number of carbonyl (C=O) groups is 1. The highest BCUT2D eigenvalue weighted by Crippen LogP contribution is 2.34. The fraction of sp³-hybridized carbons (Fsp3) is 0.143. The monoisotopic (exact) mass is 446 g/mol. The van der Waals surface area contributed by atoms with Crippen molar-refractivity contribution in [3.05, 3.63) is 83.2 Å². The third-order valence-corrected chi connectivity index (χ3v) is 5.73. The van der Waals surface area contributed by atoms with Gasteiger partial charge in [-0.15, -0.1) is 10.2 Å². The molecule has 0 unspecified atom stereocenters. The number of halogens is 1. The van der Waals surface area contributed by atoms with Gasteiger partial charge in [0.25, 0.3) is 0 Å². The summed E-state index contributed by atoms with van der Waals surface area (Å²) in [6, 6.07) is 10.4. The number of hydrogen-bond acceptors (Lipinski definition) is 7. The number of H-pyrrole nitrogens is 1. The number of imidazole rings is 1. The predicted octanol–water partition coefficient (Wildman–Crippen LogP) is 2.94. The van der Waals surface area contributed by atoms with E-state index in [1.807, 2.05) is 18.2 Å². The summed E-state index contributed by atoms with van der Waals surface area (Å²) in [5.74, 6) is -0.265. The van der Waals surface area contributed by atoms with Gasteiger partial charge in [0.15, 0.2) is 0 Å². The summed E-state index contributed by atoms with van der Waals surface area (Å²) in [7, 11) is 0. The lowest BCUT2D eigenvalue weighted by atomic mass is 9.99. The van der Waals surface area contributed by atoms with Crippen LogP contribution in [0.2, 0.25) is 5.15 Å². The number of hydrogen-bond donors (Lipinski definition) is 1. The molecule has 0 aliphatic carbocycles. The van der Waals surface area contributed by atoms with Crippen molar-refractivity contribution in [3.8, 4) is 11.5 Å². The molecule has 0 fully saturated rings. The first-order chi connectivity index (χ1) is 15.7. The summed E-state index contributed by atoms with van der Waals surface area (Å²) in [6.45, 7) is 0.435. The fourth-order valence-electron chi connectivity index (χ4n) is 3.97. The zero-order valence-corrected chi connectivity index (χ0v) is 17.3. The quantitative estimate of drug-likeness (QED) is 0.423. The van der Waals surface area contributed by atoms with Gasteiger partial charge in [0.05, 0.1) is 28.8 Å². The van der Waals surface area contributed by atoms with Gasteiger partial charge in [-0.3, -0.25) is 9.78 Å². The van der Waals surface area contributed by atoms with Gasteiger partial charge in [-0.1, -0.05) is 17.7 Å². The minimum absolute atomic E-state index is 0.102. The Kier molecular flexibility index (Phi) is 4.25. The Morgan fingerprint density at radius 1 is 1.22 bits per heavy atom. The maximum atomic E-state index is 13.5. The van der Waals surface area contributed by atoms with Crippen LogP contribution in [0.3, 0.4) is 0 Å². The van der Waals surface area contributed by atoms with Crippen molar-refractivity contribution in [2.75, 3.05) is 6.54 Å². The molecule has 158 valence electrons. The molecule has 0 spiro atoms. The van der Waals surface area contributed by atoms with Crippen LogP contribution in [0.25, 0.3) is 17.0 Å². The molecule has 0 saturated carbocycles. The molecule has 5 aromatic heterocycles. The normalized spacial score (nSPS) is 15.8. The van der Waals surface area contributed by atoms with Crippen molar-refractivity contribution in [3.63, 3.8) is 0 Å². The lowest BCUT2D eigenvalue weighted by Crippen LogP contribution is -2.41. The first kappa shape index (κ1) is 18.7. The van der Waals surface area contributed by atoms with Gasteiger partial charge in [-0.25, -0.2) is 9.50 Å². The van der Waals surface area contributed by atoms with Crippen molar-refractivity contribution < 1.29 is 9.21 Å². The second kappa shape index (κ2) is 7.27. The minimum Gasteiger partial charge on any atom is -0.412 e. The molecule has 11 heteroatoms. The molecule has 1 aliphatic heterocycles. The molecule has 0 bridgehead atoms. The molecule has 1 atom stereocenters. The van der Waals surface area contributed by atoms with Crippen LogP contribution in [0.1, 0.15) is 33.8 Å². The molecule has 10 nitrogen and oxygen atoms in total. The molecule has 5 aromatic rings. The molecule has 6 heterocycles. The molecule has 0 radical (unpaired) electrons. The van der Waals surface area contributed by atoms with Crippen LogP contribution in [0.4, 0.5) is 0 Å². The molecule has 1 aliphatic rings. The average Bonchev–Trinajstić information content (AvgIpc) is 3.58. The summed E-state index contributed by atoms with van der Waals surface area (Å²) in [5, 5.41) is 13.1. The summed E-state index contributed by atoms with van der Waals surface area (Å²) in [6.07, 6.45) is 5.49. The highest BCUT2D eigenvalue weighted by molar-refractivity contribution is 6.29. The Labute approximate surface area is 185 Å². The zero-order chi connectivity index (χ0) is 21.7. The van der Waals surface area contributed by atoms with Gasteiger partial charge in [-0.05, 0) is 30.3 Å². The number of fused-ring (bicyclic) bond motifs is 2. The van der Waals surface area contributed by atoms with E-state index in [-0.39, 0.29) is 11.8 Å². The van der Waals surface area contributed by atoms with E-state index >= 15 is 0 Å². The lowest BCUT2D eigenvalue weighted by molar-refractivity contribution is 0.0646. The van der Waals surface area contributed by atoms with Crippen molar-refractivity contribution in [2.45, 2.75) is 12.5 Å². The zero-order valence-electron chi connectivity index (χ0n) is 16.5.